The first-order valence-corrected chi connectivity index (χ1v) is 12.7. The van der Waals surface area contributed by atoms with Crippen LogP contribution in [0.15, 0.2) is 84.9 Å². The average Bonchev–Trinajstić information content (AvgIpc) is 3.70. The van der Waals surface area contributed by atoms with Crippen molar-refractivity contribution in [2.45, 2.75) is 25.7 Å². The summed E-state index contributed by atoms with van der Waals surface area (Å²) < 4.78 is 0. The summed E-state index contributed by atoms with van der Waals surface area (Å²) in [5.41, 5.74) is 5.25. The second kappa shape index (κ2) is 10.6. The molecule has 0 bridgehead atoms. The number of aromatic amines is 1. The molecule has 1 fully saturated rings. The molecule has 1 aliphatic rings. The number of carbonyl (C=O) groups excluding carboxylic acids is 1. The Kier molecular flexibility index (Phi) is 6.57. The quantitative estimate of drug-likeness (QED) is 0.157. The van der Waals surface area contributed by atoms with E-state index in [0.717, 1.165) is 28.2 Å². The molecular formula is C29H27N9O. The monoisotopic (exact) mass is 517 g/mol. The SMILES string of the molecule is Cc1ccc(NC(=O)Nc2ccc(Nc3nc(Nc4cc(C5CC5)[nH]n4)nc(-c4ccccc4)n3)cc2)cc1. The van der Waals surface area contributed by atoms with Crippen LogP contribution in [0.2, 0.25) is 0 Å². The summed E-state index contributed by atoms with van der Waals surface area (Å²) in [5, 5.41) is 19.5. The van der Waals surface area contributed by atoms with Crippen molar-refractivity contribution in [3.8, 4) is 11.4 Å². The maximum atomic E-state index is 12.4. The van der Waals surface area contributed by atoms with E-state index in [2.05, 4.69) is 46.4 Å². The smallest absolute Gasteiger partial charge is 0.323 e. The lowest BCUT2D eigenvalue weighted by molar-refractivity contribution is 0.262. The molecule has 2 amide bonds. The lowest BCUT2D eigenvalue weighted by atomic mass is 10.2. The van der Waals surface area contributed by atoms with Gasteiger partial charge in [0.2, 0.25) is 11.9 Å². The highest BCUT2D eigenvalue weighted by molar-refractivity contribution is 5.99. The largest absolute Gasteiger partial charge is 0.324 e. The van der Waals surface area contributed by atoms with Crippen LogP contribution in [0, 0.1) is 6.92 Å². The Hall–Kier alpha value is -5.25. The molecule has 3 aromatic carbocycles. The van der Waals surface area contributed by atoms with Crippen LogP contribution in [-0.4, -0.2) is 31.2 Å². The molecule has 0 radical (unpaired) electrons. The Morgan fingerprint density at radius 3 is 2.05 bits per heavy atom. The third kappa shape index (κ3) is 6.19. The van der Waals surface area contributed by atoms with Crippen molar-refractivity contribution in [3.05, 3.63) is 96.2 Å². The van der Waals surface area contributed by atoms with Crippen LogP contribution in [0.5, 0.6) is 0 Å². The van der Waals surface area contributed by atoms with E-state index in [4.69, 9.17) is 0 Å². The average molecular weight is 518 g/mol. The number of benzene rings is 3. The molecule has 0 unspecified atom stereocenters. The van der Waals surface area contributed by atoms with Gasteiger partial charge in [0.1, 0.15) is 0 Å². The number of hydrogen-bond acceptors (Lipinski definition) is 7. The number of rotatable bonds is 8. The Bertz CT molecular complexity index is 1580. The summed E-state index contributed by atoms with van der Waals surface area (Å²) in [6.45, 7) is 2.00. The molecule has 6 rings (SSSR count). The van der Waals surface area contributed by atoms with Crippen molar-refractivity contribution in [1.82, 2.24) is 25.1 Å². The van der Waals surface area contributed by atoms with Crippen LogP contribution < -0.4 is 21.3 Å². The summed E-state index contributed by atoms with van der Waals surface area (Å²) in [4.78, 5) is 26.2. The number of nitrogens with one attached hydrogen (secondary N) is 5. The minimum Gasteiger partial charge on any atom is -0.324 e. The van der Waals surface area contributed by atoms with Crippen LogP contribution in [0.1, 0.15) is 30.0 Å². The van der Waals surface area contributed by atoms with Crippen molar-refractivity contribution < 1.29 is 4.79 Å². The molecule has 1 aliphatic carbocycles. The summed E-state index contributed by atoms with van der Waals surface area (Å²) in [6, 6.07) is 26.3. The summed E-state index contributed by atoms with van der Waals surface area (Å²) in [5.74, 6) is 2.51. The van der Waals surface area contributed by atoms with Gasteiger partial charge in [0.05, 0.1) is 0 Å². The Balaban J connectivity index is 1.17. The van der Waals surface area contributed by atoms with Crippen LogP contribution in [0.3, 0.4) is 0 Å². The van der Waals surface area contributed by atoms with Crippen molar-refractivity contribution in [2.75, 3.05) is 21.3 Å². The molecule has 10 heteroatoms. The summed E-state index contributed by atoms with van der Waals surface area (Å²) in [6.07, 6.45) is 2.37. The number of anilines is 6. The number of aryl methyl sites for hydroxylation is 1. The highest BCUT2D eigenvalue weighted by atomic mass is 16.2. The van der Waals surface area contributed by atoms with E-state index in [0.29, 0.717) is 35.1 Å². The van der Waals surface area contributed by atoms with Gasteiger partial charge < -0.3 is 21.3 Å². The van der Waals surface area contributed by atoms with Crippen LogP contribution >= 0.6 is 0 Å². The van der Waals surface area contributed by atoms with E-state index >= 15 is 0 Å². The van der Waals surface area contributed by atoms with Gasteiger partial charge in [-0.05, 0) is 56.2 Å². The van der Waals surface area contributed by atoms with E-state index < -0.39 is 0 Å². The standard InChI is InChI=1S/C29H27N9O/c1-18-7-11-22(12-8-18)31-29(39)32-23-15-13-21(14-16-23)30-27-34-26(20-5-3-2-4-6-20)35-28(36-27)33-25-17-24(37-38-25)19-9-10-19/h2-8,11-17,19H,9-10H2,1H3,(H2,31,32,39)(H3,30,33,34,35,36,37,38). The fourth-order valence-corrected chi connectivity index (χ4v) is 4.02. The zero-order valence-electron chi connectivity index (χ0n) is 21.3. The lowest BCUT2D eigenvalue weighted by Gasteiger charge is -2.11. The van der Waals surface area contributed by atoms with Gasteiger partial charge >= 0.3 is 6.03 Å². The van der Waals surface area contributed by atoms with Gasteiger partial charge in [0.15, 0.2) is 11.6 Å². The third-order valence-corrected chi connectivity index (χ3v) is 6.23. The molecule has 10 nitrogen and oxygen atoms in total. The first-order chi connectivity index (χ1) is 19.1. The van der Waals surface area contributed by atoms with E-state index in [1.165, 1.54) is 12.8 Å². The minimum absolute atomic E-state index is 0.316. The van der Waals surface area contributed by atoms with Crippen LogP contribution in [0.25, 0.3) is 11.4 Å². The molecule has 2 aromatic heterocycles. The Morgan fingerprint density at radius 2 is 1.38 bits per heavy atom. The van der Waals surface area contributed by atoms with E-state index in [-0.39, 0.29) is 6.03 Å². The van der Waals surface area contributed by atoms with Gasteiger partial charge in [0, 0.05) is 40.3 Å². The number of nitrogens with zero attached hydrogens (tertiary/aromatic N) is 4. The molecule has 2 heterocycles. The fourth-order valence-electron chi connectivity index (χ4n) is 4.02. The van der Waals surface area contributed by atoms with Crippen molar-refractivity contribution >= 4 is 40.8 Å². The van der Waals surface area contributed by atoms with Gasteiger partial charge in [-0.1, -0.05) is 48.0 Å². The first-order valence-electron chi connectivity index (χ1n) is 12.7. The first kappa shape index (κ1) is 24.1. The minimum atomic E-state index is -0.316. The molecule has 194 valence electrons. The molecule has 0 spiro atoms. The molecule has 0 saturated heterocycles. The molecule has 5 N–H and O–H groups in total. The van der Waals surface area contributed by atoms with E-state index in [1.807, 2.05) is 79.7 Å². The van der Waals surface area contributed by atoms with Gasteiger partial charge in [-0.25, -0.2) is 4.79 Å². The number of aromatic nitrogens is 5. The number of carbonyl (C=O) groups is 1. The molecule has 5 aromatic rings. The Labute approximate surface area is 225 Å². The zero-order valence-corrected chi connectivity index (χ0v) is 21.3. The van der Waals surface area contributed by atoms with E-state index in [1.54, 1.807) is 12.1 Å². The third-order valence-electron chi connectivity index (χ3n) is 6.23. The zero-order chi connectivity index (χ0) is 26.6. The predicted octanol–water partition coefficient (Wildman–Crippen LogP) is 6.58. The molecule has 1 saturated carbocycles. The van der Waals surface area contributed by atoms with Crippen molar-refractivity contribution in [3.63, 3.8) is 0 Å². The predicted molar refractivity (Wildman–Crippen MR) is 153 cm³/mol. The van der Waals surface area contributed by atoms with E-state index in [9.17, 15) is 4.79 Å². The highest BCUT2D eigenvalue weighted by Gasteiger charge is 2.25. The molecule has 39 heavy (non-hydrogen) atoms. The lowest BCUT2D eigenvalue weighted by Crippen LogP contribution is -2.19. The summed E-state index contributed by atoms with van der Waals surface area (Å²) in [7, 11) is 0. The normalized spacial score (nSPS) is 12.5. The van der Waals surface area contributed by atoms with Crippen LogP contribution in [0.4, 0.5) is 39.6 Å². The molecule has 0 aliphatic heterocycles. The number of hydrogen-bond donors (Lipinski definition) is 5. The number of amides is 2. The number of H-pyrrole nitrogens is 1. The second-order valence-electron chi connectivity index (χ2n) is 9.43. The van der Waals surface area contributed by atoms with Gasteiger partial charge in [-0.15, -0.1) is 0 Å². The second-order valence-corrected chi connectivity index (χ2v) is 9.43. The summed E-state index contributed by atoms with van der Waals surface area (Å²) >= 11 is 0. The van der Waals surface area contributed by atoms with Gasteiger partial charge in [0.25, 0.3) is 0 Å². The molecular weight excluding hydrogens is 490 g/mol. The molecule has 0 atom stereocenters. The highest BCUT2D eigenvalue weighted by Crippen LogP contribution is 2.39. The fraction of sp³-hybridized carbons (Fsp3) is 0.138. The topological polar surface area (TPSA) is 133 Å². The maximum Gasteiger partial charge on any atom is 0.323 e. The van der Waals surface area contributed by atoms with Crippen molar-refractivity contribution in [2.24, 2.45) is 0 Å². The number of urea groups is 1. The van der Waals surface area contributed by atoms with Crippen molar-refractivity contribution in [1.29, 1.82) is 0 Å². The van der Waals surface area contributed by atoms with Gasteiger partial charge in [-0.2, -0.15) is 20.1 Å². The maximum absolute atomic E-state index is 12.4. The van der Waals surface area contributed by atoms with Crippen LogP contribution in [-0.2, 0) is 0 Å². The van der Waals surface area contributed by atoms with Gasteiger partial charge in [-0.3, -0.25) is 5.10 Å². The Morgan fingerprint density at radius 1 is 0.769 bits per heavy atom.